The molecule has 45 heavy (non-hydrogen) atoms. The van der Waals surface area contributed by atoms with Crippen molar-refractivity contribution >= 4 is 5.83 Å². The maximum absolute atomic E-state index is 15.0. The largest absolute Gasteiger partial charge is 0.429 e. The van der Waals surface area contributed by atoms with Crippen LogP contribution in [0.2, 0.25) is 0 Å². The molecule has 0 N–H and O–H groups in total. The van der Waals surface area contributed by atoms with Crippen molar-refractivity contribution in [3.63, 3.8) is 0 Å². The average Bonchev–Trinajstić information content (AvgIpc) is 2.93. The molecule has 0 unspecified atom stereocenters. The third kappa shape index (κ3) is 7.18. The number of allylic oxidation sites excluding steroid dienone is 2. The molecule has 4 aromatic carbocycles. The number of hydrogen-bond donors (Lipinski definition) is 0. The van der Waals surface area contributed by atoms with E-state index in [1.165, 1.54) is 30.3 Å². The molecule has 0 aliphatic heterocycles. The molecule has 4 rings (SSSR count). The monoisotopic (exact) mass is 646 g/mol. The highest BCUT2D eigenvalue weighted by molar-refractivity contribution is 5.73. The summed E-state index contributed by atoms with van der Waals surface area (Å²) in [7, 11) is 0. The van der Waals surface area contributed by atoms with Crippen molar-refractivity contribution in [3.8, 4) is 28.0 Å². The Balaban J connectivity index is 1.60. The van der Waals surface area contributed by atoms with E-state index >= 15 is 8.78 Å². The van der Waals surface area contributed by atoms with E-state index in [9.17, 15) is 43.9 Å². The van der Waals surface area contributed by atoms with E-state index in [4.69, 9.17) is 0 Å². The third-order valence-corrected chi connectivity index (χ3v) is 6.44. The summed E-state index contributed by atoms with van der Waals surface area (Å²) < 4.78 is 172. The zero-order valence-corrected chi connectivity index (χ0v) is 22.5. The first-order chi connectivity index (χ1) is 21.0. The smallest absolute Gasteiger partial charge is 0.429 e. The lowest BCUT2D eigenvalue weighted by Crippen LogP contribution is -2.24. The Labute approximate surface area is 247 Å². The van der Waals surface area contributed by atoms with Gasteiger partial charge in [0.15, 0.2) is 5.83 Å². The second-order valence-corrected chi connectivity index (χ2v) is 9.51. The molecule has 236 valence electrons. The molecule has 0 heterocycles. The van der Waals surface area contributed by atoms with Gasteiger partial charge in [-0.15, -0.1) is 6.58 Å². The Bertz CT molecular complexity index is 1730. The van der Waals surface area contributed by atoms with Gasteiger partial charge >= 0.3 is 12.3 Å². The van der Waals surface area contributed by atoms with Gasteiger partial charge in [-0.3, -0.25) is 0 Å². The van der Waals surface area contributed by atoms with Gasteiger partial charge in [-0.25, -0.2) is 30.7 Å². The summed E-state index contributed by atoms with van der Waals surface area (Å²) in [5, 5.41) is 0. The second kappa shape index (κ2) is 12.7. The predicted molar refractivity (Wildman–Crippen MR) is 142 cm³/mol. The zero-order chi connectivity index (χ0) is 33.3. The van der Waals surface area contributed by atoms with Gasteiger partial charge in [-0.05, 0) is 47.4 Å². The number of rotatable bonds is 9. The van der Waals surface area contributed by atoms with Crippen molar-refractivity contribution in [2.45, 2.75) is 25.1 Å². The van der Waals surface area contributed by atoms with Crippen LogP contribution in [-0.4, -0.2) is 0 Å². The van der Waals surface area contributed by atoms with Crippen LogP contribution in [0.5, 0.6) is 5.75 Å². The minimum absolute atomic E-state index is 0.0511. The summed E-state index contributed by atoms with van der Waals surface area (Å²) in [5.74, 6) is -12.3. The molecule has 0 aliphatic rings. The highest BCUT2D eigenvalue weighted by atomic mass is 19.4. The maximum Gasteiger partial charge on any atom is 0.429 e. The normalized spacial score (nSPS) is 12.6. The van der Waals surface area contributed by atoms with Crippen LogP contribution in [0.15, 0.2) is 85.2 Å². The first-order valence-corrected chi connectivity index (χ1v) is 12.7. The van der Waals surface area contributed by atoms with Gasteiger partial charge in [-0.1, -0.05) is 36.4 Å². The quantitative estimate of drug-likeness (QED) is 0.130. The molecule has 0 saturated carbocycles. The van der Waals surface area contributed by atoms with E-state index in [1.54, 1.807) is 0 Å². The summed E-state index contributed by atoms with van der Waals surface area (Å²) in [5.41, 5.74) is -5.26. The average molecular weight is 646 g/mol. The zero-order valence-electron chi connectivity index (χ0n) is 22.5. The highest BCUT2D eigenvalue weighted by Crippen LogP contribution is 2.40. The Morgan fingerprint density at radius 3 is 1.71 bits per heavy atom. The summed E-state index contributed by atoms with van der Waals surface area (Å²) in [6.45, 7) is 3.42. The van der Waals surface area contributed by atoms with Gasteiger partial charge in [0, 0.05) is 24.1 Å². The first kappa shape index (κ1) is 33.2. The lowest BCUT2D eigenvalue weighted by Gasteiger charge is -2.20. The van der Waals surface area contributed by atoms with Crippen LogP contribution in [0.3, 0.4) is 0 Å². The van der Waals surface area contributed by atoms with Crippen LogP contribution in [0.1, 0.15) is 29.5 Å². The lowest BCUT2D eigenvalue weighted by molar-refractivity contribution is -0.187. The number of halogens is 12. The van der Waals surface area contributed by atoms with Crippen molar-refractivity contribution in [3.05, 3.63) is 131 Å². The van der Waals surface area contributed by atoms with Crippen LogP contribution in [-0.2, 0) is 12.3 Å². The molecular formula is C32H18F12O. The highest BCUT2D eigenvalue weighted by Gasteiger charge is 2.41. The molecule has 0 bridgehead atoms. The Morgan fingerprint density at radius 1 is 0.667 bits per heavy atom. The second-order valence-electron chi connectivity index (χ2n) is 9.51. The molecule has 0 radical (unpaired) electrons. The lowest BCUT2D eigenvalue weighted by atomic mass is 9.97. The van der Waals surface area contributed by atoms with Crippen molar-refractivity contribution in [1.29, 1.82) is 0 Å². The van der Waals surface area contributed by atoms with Crippen molar-refractivity contribution in [2.24, 2.45) is 0 Å². The Morgan fingerprint density at radius 2 is 1.20 bits per heavy atom. The number of alkyl halides is 5. The van der Waals surface area contributed by atoms with Gasteiger partial charge in [0.1, 0.15) is 46.2 Å². The van der Waals surface area contributed by atoms with E-state index in [2.05, 4.69) is 11.3 Å². The molecule has 0 spiro atoms. The van der Waals surface area contributed by atoms with E-state index < -0.39 is 81.0 Å². The molecule has 0 aromatic heterocycles. The summed E-state index contributed by atoms with van der Waals surface area (Å²) in [6.07, 6.45) is -8.77. The first-order valence-electron chi connectivity index (χ1n) is 12.7. The van der Waals surface area contributed by atoms with Crippen molar-refractivity contribution in [2.75, 3.05) is 0 Å². The number of benzene rings is 4. The van der Waals surface area contributed by atoms with Gasteiger partial charge in [0.05, 0.1) is 11.1 Å². The van der Waals surface area contributed by atoms with Crippen LogP contribution < -0.4 is 4.74 Å². The fourth-order valence-electron chi connectivity index (χ4n) is 4.31. The van der Waals surface area contributed by atoms with E-state index in [-0.39, 0.29) is 41.7 Å². The number of ether oxygens (including phenoxy) is 1. The molecule has 0 fully saturated rings. The predicted octanol–water partition coefficient (Wildman–Crippen LogP) is 11.4. The van der Waals surface area contributed by atoms with Gasteiger partial charge < -0.3 is 4.74 Å². The topological polar surface area (TPSA) is 9.23 Å². The SMILES string of the molecule is C=CCC/C(F)=C(\F)c1ccc(-c2cc(F)c(-c3ccc(C(F)(F)Oc4cc(F)c(C(F)(F)F)c(F)c4)c(F)c3)c(F)c2)cc1. The standard InChI is InChI=1S/C32H18F12O/c1-2-3-4-22(33)30(39)17-7-5-16(6-8-17)19-12-24(35)28(25(36)13-19)18-9-10-21(23(34)11-18)32(43,44)45-20-14-26(37)29(27(38)15-20)31(40,41)42/h2,5-15H,1,3-4H2/b30-22+. The summed E-state index contributed by atoms with van der Waals surface area (Å²) in [4.78, 5) is 0. The minimum Gasteiger partial charge on any atom is -0.429 e. The summed E-state index contributed by atoms with van der Waals surface area (Å²) in [6, 6.07) is 7.64. The van der Waals surface area contributed by atoms with Gasteiger partial charge in [-0.2, -0.15) is 22.0 Å². The molecular weight excluding hydrogens is 628 g/mol. The van der Waals surface area contributed by atoms with Crippen molar-refractivity contribution < 1.29 is 57.4 Å². The molecule has 0 amide bonds. The maximum atomic E-state index is 15.0. The fraction of sp³-hybridized carbons (Fsp3) is 0.125. The van der Waals surface area contributed by atoms with Crippen LogP contribution in [0, 0.1) is 29.1 Å². The van der Waals surface area contributed by atoms with Crippen LogP contribution in [0.25, 0.3) is 28.1 Å². The van der Waals surface area contributed by atoms with Gasteiger partial charge in [0.2, 0.25) is 0 Å². The Kier molecular flexibility index (Phi) is 9.40. The molecule has 4 aromatic rings. The van der Waals surface area contributed by atoms with E-state index in [0.29, 0.717) is 18.2 Å². The van der Waals surface area contributed by atoms with Gasteiger partial charge in [0.25, 0.3) is 0 Å². The molecule has 13 heteroatoms. The minimum atomic E-state index is -5.48. The molecule has 0 atom stereocenters. The van der Waals surface area contributed by atoms with Crippen LogP contribution >= 0.6 is 0 Å². The van der Waals surface area contributed by atoms with E-state index in [1.807, 2.05) is 0 Å². The van der Waals surface area contributed by atoms with E-state index in [0.717, 1.165) is 12.1 Å². The molecule has 1 nitrogen and oxygen atoms in total. The third-order valence-electron chi connectivity index (χ3n) is 6.44. The molecule has 0 aliphatic carbocycles. The Hall–Kier alpha value is -4.68. The van der Waals surface area contributed by atoms with Crippen LogP contribution in [0.4, 0.5) is 52.7 Å². The fourth-order valence-corrected chi connectivity index (χ4v) is 4.31. The summed E-state index contributed by atoms with van der Waals surface area (Å²) >= 11 is 0. The molecule has 0 saturated heterocycles. The van der Waals surface area contributed by atoms with Crippen molar-refractivity contribution in [1.82, 2.24) is 0 Å². The number of hydrogen-bond acceptors (Lipinski definition) is 1.